The van der Waals surface area contributed by atoms with Crippen LogP contribution in [0.5, 0.6) is 0 Å². The molecule has 832 valence electrons. The molecule has 0 unspecified atom stereocenters. The molecule has 4 saturated carbocycles. The molecule has 48 fully saturated rings. The second kappa shape index (κ2) is 47.9. The molecule has 49 rings (SSSR count). The number of ether oxygens (including phenoxy) is 24. The second-order valence-electron chi connectivity index (χ2n) is 39.0. The molecular weight excluding hydrogens is 1970 g/mol. The van der Waals surface area contributed by atoms with E-state index >= 15 is 0 Å². The van der Waals surface area contributed by atoms with Crippen LogP contribution in [0.2, 0.25) is 0 Å². The summed E-state index contributed by atoms with van der Waals surface area (Å²) in [4.78, 5) is 0. The molecule has 0 aromatic heterocycles. The summed E-state index contributed by atoms with van der Waals surface area (Å²) in [5, 5.41) is 400. The van der Waals surface area contributed by atoms with E-state index < -0.39 is 448 Å². The van der Waals surface area contributed by atoms with Crippen LogP contribution in [0.25, 0.3) is 0 Å². The summed E-state index contributed by atoms with van der Waals surface area (Å²) >= 11 is 0. The topological polar surface area (TPSA) is 975 Å². The molecular formula is C82H134N2O60. The number of hydrogen-bond acceptors (Lipinski definition) is 62. The van der Waals surface area contributed by atoms with Gasteiger partial charge >= 0.3 is 0 Å². The van der Waals surface area contributed by atoms with Gasteiger partial charge in [-0.3, -0.25) is 0 Å². The predicted molar refractivity (Wildman–Crippen MR) is 436 cm³/mol. The molecule has 144 heavy (non-hydrogen) atoms. The van der Waals surface area contributed by atoms with E-state index in [-0.39, 0.29) is 5.66 Å². The van der Waals surface area contributed by atoms with Crippen LogP contribution in [0.1, 0.15) is 32.1 Å². The van der Waals surface area contributed by atoms with Gasteiger partial charge in [-0.05, 0) is 43.9 Å². The maximum absolute atomic E-state index is 11.2. The van der Waals surface area contributed by atoms with Crippen molar-refractivity contribution in [2.45, 2.75) is 406 Å². The summed E-state index contributed by atoms with van der Waals surface area (Å²) in [5.41, 5.74) is 0.202. The van der Waals surface area contributed by atoms with Gasteiger partial charge in [0.15, 0.2) is 81.1 Å². The van der Waals surface area contributed by atoms with Crippen molar-refractivity contribution >= 4 is 0 Å². The monoisotopic (exact) mass is 2110 g/mol. The van der Waals surface area contributed by atoms with Crippen molar-refractivity contribution in [2.24, 2.45) is 33.9 Å². The number of hydrogen-bond donors (Lipinski definition) is 36. The molecule has 45 aliphatic heterocycles. The number of aliphatic hydroxyl groups is 36. The van der Waals surface area contributed by atoms with Crippen LogP contribution in [0.3, 0.4) is 0 Å². The highest BCUT2D eigenvalue weighted by molar-refractivity contribution is 5.15. The minimum atomic E-state index is -2.15. The molecule has 0 amide bonds. The van der Waals surface area contributed by atoms with Gasteiger partial charge in [-0.1, -0.05) is 0 Å². The Morgan fingerprint density at radius 2 is 0.236 bits per heavy atom. The van der Waals surface area contributed by atoms with Crippen molar-refractivity contribution in [3.63, 3.8) is 0 Å². The molecule has 36 N–H and O–H groups in total. The summed E-state index contributed by atoms with van der Waals surface area (Å²) in [5.74, 6) is 3.86. The zero-order valence-corrected chi connectivity index (χ0v) is 76.3. The Bertz CT molecular complexity index is 3180. The molecule has 0 radical (unpaired) electrons. The highest BCUT2D eigenvalue weighted by Gasteiger charge is 2.67. The van der Waals surface area contributed by atoms with Gasteiger partial charge in [0, 0.05) is 11.8 Å². The maximum atomic E-state index is 11.2. The largest absolute Gasteiger partial charge is 0.394 e. The highest BCUT2D eigenvalue weighted by Crippen LogP contribution is 2.64. The van der Waals surface area contributed by atoms with Gasteiger partial charge in [0.05, 0.1) is 79.3 Å². The van der Waals surface area contributed by atoms with Gasteiger partial charge < -0.3 is 298 Å². The fraction of sp³-hybridized carbons (Fsp3) is 1.00. The summed E-state index contributed by atoms with van der Waals surface area (Å²) in [6, 6.07) is 0. The molecule has 62 heteroatoms. The molecule has 60 atom stereocenters. The molecule has 4 aliphatic carbocycles. The Kier molecular flexibility index (Phi) is 37.8. The average molecular weight is 2110 g/mol. The van der Waals surface area contributed by atoms with Gasteiger partial charge in [-0.2, -0.15) is 10.2 Å². The first-order valence-electron chi connectivity index (χ1n) is 47.5. The summed E-state index contributed by atoms with van der Waals surface area (Å²) in [6.07, 6.45) is -110. The molecule has 28 bridgehead atoms. The molecule has 0 aromatic rings. The van der Waals surface area contributed by atoms with Crippen LogP contribution in [-0.4, -0.2) is 637 Å². The molecule has 62 nitrogen and oxygen atoms in total. The molecule has 1 spiro atoms. The Hall–Kier alpha value is -2.80. The van der Waals surface area contributed by atoms with Crippen LogP contribution in [0.4, 0.5) is 0 Å². The standard InChI is InChI=1S/2C36H60O30.C10H14N2/c2*37-1-7-25-13(43)19(49)31(55-7)62-26-8(2-38)57-33(21(51)15(26)45)64-28-10(4-40)59-35(23(53)17(28)47)66-30-12(6-42)60-36(24(54)18(30)48)65-29-11(5-41)58-34(22(52)16(29)46)63-27-9(3-39)56-32(61-25)20(50)14(27)44;1-6-2-8-4-7(1)5-9(3-6)10(8)11-12-10/h2*7-54H,1-6H2;6-9H,1-5H2/t2*7-,8-,9-,10-,11-,12-,13-,14-,15-,16-,17-,18-,19-,20-,21-,22-,23-,24-,25-,26-,27-,28-,29-,30-,31-,32-,33-,34-,35-,36-;/m11./s1. The minimum Gasteiger partial charge on any atom is -0.394 e. The van der Waals surface area contributed by atoms with Gasteiger partial charge in [0.25, 0.3) is 0 Å². The number of rotatable bonds is 12. The quantitative estimate of drug-likeness (QED) is 0.0863. The van der Waals surface area contributed by atoms with Crippen LogP contribution in [0.15, 0.2) is 10.2 Å². The maximum Gasteiger partial charge on any atom is 0.196 e. The Morgan fingerprint density at radius 1 is 0.139 bits per heavy atom. The predicted octanol–water partition coefficient (Wildman–Crippen LogP) is -23.5. The lowest BCUT2D eigenvalue weighted by molar-refractivity contribution is -0.404. The fourth-order valence-electron chi connectivity index (χ4n) is 22.1. The van der Waals surface area contributed by atoms with E-state index in [9.17, 15) is 184 Å². The van der Waals surface area contributed by atoms with Gasteiger partial charge in [0.1, 0.15) is 293 Å². The van der Waals surface area contributed by atoms with Crippen molar-refractivity contribution in [2.75, 3.05) is 79.3 Å². The van der Waals surface area contributed by atoms with Crippen LogP contribution >= 0.6 is 0 Å². The van der Waals surface area contributed by atoms with E-state index in [0.717, 1.165) is 23.7 Å². The summed E-state index contributed by atoms with van der Waals surface area (Å²) in [7, 11) is 0. The molecule has 44 saturated heterocycles. The molecule has 49 aliphatic rings. The lowest BCUT2D eigenvalue weighted by Crippen LogP contribution is -2.69. The highest BCUT2D eigenvalue weighted by atomic mass is 16.8. The molecule has 0 aromatic carbocycles. The Morgan fingerprint density at radius 3 is 0.319 bits per heavy atom. The SMILES string of the molecule is C1C2CC3CC1CC(C2)C31N=N1.OC[C@H]1O[C@@H]2O[C@H]3[C@H](O)[C@@H](O)[C@@H](O[C@H]4[C@H](O)[C@@H](O)[C@@H](O[C@H]5[C@H](O)[C@@H](O)[C@@H](O[C@H]6[C@H](O)[C@@H](O)[C@@H](O[C@H]7[C@H](O)[C@@H](O)[C@@H](O[C@H]1[C@H](O)[C@H]2O)O[C@@H]7CO)O[C@@H]6CO)O[C@@H]5CO)O[C@@H]4CO)O[C@@H]3CO.OC[C@H]1O[C@@H]2O[C@H]3[C@H](O)[C@@H](O)[C@@H](O[C@H]4[C@H](O)[C@@H](O)[C@@H](O[C@H]5[C@H](O)[C@@H](O)[C@@H](O[C@H]6[C@H](O)[C@@H](O)[C@@H](O[C@H]7[C@H](O)[C@@H](O)[C@@H](O[C@H]1[C@H](O)[C@H]2O)O[C@@H]7CO)O[C@@H]6CO)O[C@@H]5CO)O[C@@H]4CO)O[C@@H]3CO. The third-order valence-electron chi connectivity index (χ3n) is 30.0. The van der Waals surface area contributed by atoms with Crippen molar-refractivity contribution in [3.8, 4) is 0 Å². The fourth-order valence-corrected chi connectivity index (χ4v) is 22.1. The van der Waals surface area contributed by atoms with E-state index in [4.69, 9.17) is 114 Å². The van der Waals surface area contributed by atoms with E-state index in [2.05, 4.69) is 10.2 Å². The van der Waals surface area contributed by atoms with Crippen molar-refractivity contribution in [1.29, 1.82) is 0 Å². The first kappa shape index (κ1) is 114. The summed E-state index contributed by atoms with van der Waals surface area (Å²) in [6.45, 7) is -12.0. The van der Waals surface area contributed by atoms with Crippen molar-refractivity contribution < 1.29 is 298 Å². The Balaban J connectivity index is 0.000000183. The summed E-state index contributed by atoms with van der Waals surface area (Å²) < 4.78 is 136. The third-order valence-corrected chi connectivity index (χ3v) is 30.0. The molecule has 45 heterocycles. The van der Waals surface area contributed by atoms with Gasteiger partial charge in [0.2, 0.25) is 0 Å². The second-order valence-corrected chi connectivity index (χ2v) is 39.0. The van der Waals surface area contributed by atoms with Crippen LogP contribution < -0.4 is 0 Å². The van der Waals surface area contributed by atoms with Gasteiger partial charge in [-0.15, -0.1) is 0 Å². The van der Waals surface area contributed by atoms with E-state index in [1.54, 1.807) is 0 Å². The lowest BCUT2D eigenvalue weighted by atomic mass is 9.52. The van der Waals surface area contributed by atoms with Crippen molar-refractivity contribution in [3.05, 3.63) is 0 Å². The van der Waals surface area contributed by atoms with E-state index in [1.807, 2.05) is 0 Å². The number of aliphatic hydroxyl groups excluding tert-OH is 36. The number of nitrogens with zero attached hydrogens (tertiary/aromatic N) is 2. The first-order chi connectivity index (χ1) is 68.7. The zero-order chi connectivity index (χ0) is 104. The van der Waals surface area contributed by atoms with Gasteiger partial charge in [-0.25, -0.2) is 0 Å². The minimum absolute atomic E-state index is 0.202. The zero-order valence-electron chi connectivity index (χ0n) is 76.3. The smallest absolute Gasteiger partial charge is 0.196 e. The van der Waals surface area contributed by atoms with Crippen LogP contribution in [-0.2, 0) is 114 Å². The van der Waals surface area contributed by atoms with E-state index in [0.29, 0.717) is 0 Å². The van der Waals surface area contributed by atoms with Crippen LogP contribution in [0, 0.1) is 23.7 Å². The third kappa shape index (κ3) is 22.2. The van der Waals surface area contributed by atoms with Crippen molar-refractivity contribution in [1.82, 2.24) is 0 Å². The average Bonchev–Trinajstić information content (AvgIpc) is 1.54. The lowest BCUT2D eigenvalue weighted by Gasteiger charge is -2.52. The normalized spacial score (nSPS) is 55.5. The Labute approximate surface area is 814 Å². The first-order valence-corrected chi connectivity index (χ1v) is 47.5. The van der Waals surface area contributed by atoms with E-state index in [1.165, 1.54) is 32.1 Å².